The van der Waals surface area contributed by atoms with Gasteiger partial charge < -0.3 is 9.88 Å². The van der Waals surface area contributed by atoms with Crippen LogP contribution in [0.2, 0.25) is 0 Å². The molecule has 3 aromatic rings. The van der Waals surface area contributed by atoms with E-state index in [1.807, 2.05) is 11.5 Å². The molecule has 1 aromatic carbocycles. The third-order valence-corrected chi connectivity index (χ3v) is 6.93. The van der Waals surface area contributed by atoms with Crippen LogP contribution in [0.25, 0.3) is 11.4 Å². The molecule has 5 nitrogen and oxygen atoms in total. The summed E-state index contributed by atoms with van der Waals surface area (Å²) in [6.07, 6.45) is 4.62. The number of nitrogens with one attached hydrogen (secondary N) is 1. The lowest BCUT2D eigenvalue weighted by Crippen LogP contribution is -2.15. The highest BCUT2D eigenvalue weighted by molar-refractivity contribution is 7.99. The number of carbonyl (C=O) groups is 1. The number of benzene rings is 1. The Labute approximate surface area is 175 Å². The second-order valence-corrected chi connectivity index (χ2v) is 8.68. The molecule has 1 aliphatic carbocycles. The van der Waals surface area contributed by atoms with Crippen molar-refractivity contribution in [3.8, 4) is 11.4 Å². The summed E-state index contributed by atoms with van der Waals surface area (Å²) in [5, 5.41) is 13.9. The zero-order valence-electron chi connectivity index (χ0n) is 15.9. The molecule has 0 radical (unpaired) electrons. The number of amides is 1. The SMILES string of the molecule is CCn1c(SCC(=O)Nc2ccc(F)cc2F)nnc1-c1csc2c1CCCC2. The zero-order chi connectivity index (χ0) is 20.4. The van der Waals surface area contributed by atoms with Crippen LogP contribution in [0.3, 0.4) is 0 Å². The van der Waals surface area contributed by atoms with Gasteiger partial charge in [-0.3, -0.25) is 4.79 Å². The summed E-state index contributed by atoms with van der Waals surface area (Å²) in [6, 6.07) is 3.05. The van der Waals surface area contributed by atoms with E-state index in [1.165, 1.54) is 41.1 Å². The van der Waals surface area contributed by atoms with E-state index in [0.717, 1.165) is 36.4 Å². The number of aromatic nitrogens is 3. The first kappa shape index (κ1) is 20.0. The number of aryl methyl sites for hydroxylation is 1. The Morgan fingerprint density at radius 1 is 1.28 bits per heavy atom. The summed E-state index contributed by atoms with van der Waals surface area (Å²) in [6.45, 7) is 2.70. The number of fused-ring (bicyclic) bond motifs is 1. The normalized spacial score (nSPS) is 13.3. The molecule has 29 heavy (non-hydrogen) atoms. The molecule has 0 bridgehead atoms. The van der Waals surface area contributed by atoms with Crippen LogP contribution in [0, 0.1) is 11.6 Å². The summed E-state index contributed by atoms with van der Waals surface area (Å²) in [7, 11) is 0. The highest BCUT2D eigenvalue weighted by atomic mass is 32.2. The van der Waals surface area contributed by atoms with Crippen LogP contribution in [-0.4, -0.2) is 26.4 Å². The summed E-state index contributed by atoms with van der Waals surface area (Å²) < 4.78 is 28.7. The predicted molar refractivity (Wildman–Crippen MR) is 111 cm³/mol. The maximum atomic E-state index is 13.7. The van der Waals surface area contributed by atoms with Crippen LogP contribution >= 0.6 is 23.1 Å². The van der Waals surface area contributed by atoms with Crippen molar-refractivity contribution >= 4 is 34.7 Å². The summed E-state index contributed by atoms with van der Waals surface area (Å²) in [4.78, 5) is 13.6. The molecule has 0 fully saturated rings. The van der Waals surface area contributed by atoms with Crippen LogP contribution in [-0.2, 0) is 24.2 Å². The average molecular weight is 435 g/mol. The van der Waals surface area contributed by atoms with E-state index in [9.17, 15) is 13.6 Å². The van der Waals surface area contributed by atoms with Crippen LogP contribution in [0.4, 0.5) is 14.5 Å². The van der Waals surface area contributed by atoms with Gasteiger partial charge in [-0.15, -0.1) is 21.5 Å². The number of hydrogen-bond donors (Lipinski definition) is 1. The Morgan fingerprint density at radius 2 is 2.10 bits per heavy atom. The molecule has 0 aliphatic heterocycles. The van der Waals surface area contributed by atoms with Crippen LogP contribution < -0.4 is 5.32 Å². The predicted octanol–water partition coefficient (Wildman–Crippen LogP) is 4.91. The van der Waals surface area contributed by atoms with E-state index < -0.39 is 11.6 Å². The van der Waals surface area contributed by atoms with Gasteiger partial charge in [-0.25, -0.2) is 8.78 Å². The van der Waals surface area contributed by atoms with Gasteiger partial charge in [-0.05, 0) is 50.3 Å². The van der Waals surface area contributed by atoms with Crippen molar-refractivity contribution in [1.29, 1.82) is 0 Å². The van der Waals surface area contributed by atoms with Crippen molar-refractivity contribution in [3.05, 3.63) is 45.7 Å². The number of hydrogen-bond acceptors (Lipinski definition) is 5. The number of halogens is 2. The molecule has 0 spiro atoms. The number of anilines is 1. The van der Waals surface area contributed by atoms with Gasteiger partial charge in [0.1, 0.15) is 11.6 Å². The molecule has 0 unspecified atom stereocenters. The van der Waals surface area contributed by atoms with E-state index in [0.29, 0.717) is 11.7 Å². The van der Waals surface area contributed by atoms with Crippen molar-refractivity contribution < 1.29 is 13.6 Å². The monoisotopic (exact) mass is 434 g/mol. The third kappa shape index (κ3) is 4.20. The van der Waals surface area contributed by atoms with Gasteiger partial charge in [0.15, 0.2) is 11.0 Å². The first-order valence-corrected chi connectivity index (χ1v) is 11.3. The Hall–Kier alpha value is -2.26. The average Bonchev–Trinajstić information content (AvgIpc) is 3.31. The lowest BCUT2D eigenvalue weighted by atomic mass is 9.96. The van der Waals surface area contributed by atoms with Crippen molar-refractivity contribution in [1.82, 2.24) is 14.8 Å². The van der Waals surface area contributed by atoms with Crippen LogP contribution in [0.15, 0.2) is 28.7 Å². The molecule has 1 N–H and O–H groups in total. The van der Waals surface area contributed by atoms with Crippen molar-refractivity contribution in [2.24, 2.45) is 0 Å². The lowest BCUT2D eigenvalue weighted by molar-refractivity contribution is -0.113. The topological polar surface area (TPSA) is 59.8 Å². The number of nitrogens with zero attached hydrogens (tertiary/aromatic N) is 3. The molecule has 1 amide bonds. The van der Waals surface area contributed by atoms with E-state index in [-0.39, 0.29) is 17.3 Å². The van der Waals surface area contributed by atoms with E-state index in [1.54, 1.807) is 11.3 Å². The van der Waals surface area contributed by atoms with Gasteiger partial charge in [-0.2, -0.15) is 0 Å². The summed E-state index contributed by atoms with van der Waals surface area (Å²) in [5.74, 6) is -0.991. The first-order chi connectivity index (χ1) is 14.1. The van der Waals surface area contributed by atoms with Crippen molar-refractivity contribution in [2.45, 2.75) is 44.3 Å². The van der Waals surface area contributed by atoms with Crippen LogP contribution in [0.1, 0.15) is 30.2 Å². The minimum Gasteiger partial charge on any atom is -0.323 e. The molecule has 1 aliphatic rings. The lowest BCUT2D eigenvalue weighted by Gasteiger charge is -2.13. The first-order valence-electron chi connectivity index (χ1n) is 9.47. The van der Waals surface area contributed by atoms with Gasteiger partial charge in [0.05, 0.1) is 11.4 Å². The fourth-order valence-corrected chi connectivity index (χ4v) is 5.39. The Kier molecular flexibility index (Phi) is 5.96. The molecule has 9 heteroatoms. The number of thiophene rings is 1. The number of rotatable bonds is 6. The fourth-order valence-electron chi connectivity index (χ4n) is 3.47. The van der Waals surface area contributed by atoms with Crippen LogP contribution in [0.5, 0.6) is 0 Å². The van der Waals surface area contributed by atoms with Crippen molar-refractivity contribution in [3.63, 3.8) is 0 Å². The summed E-state index contributed by atoms with van der Waals surface area (Å²) in [5.41, 5.74) is 2.48. The fraction of sp³-hybridized carbons (Fsp3) is 0.350. The number of carbonyl (C=O) groups excluding carboxylic acids is 1. The van der Waals surface area contributed by atoms with Gasteiger partial charge in [-0.1, -0.05) is 11.8 Å². The van der Waals surface area contributed by atoms with Gasteiger partial charge in [0, 0.05) is 28.4 Å². The molecule has 2 heterocycles. The molecule has 0 saturated carbocycles. The Morgan fingerprint density at radius 3 is 2.90 bits per heavy atom. The molecule has 0 saturated heterocycles. The van der Waals surface area contributed by atoms with Gasteiger partial charge in [0.25, 0.3) is 0 Å². The third-order valence-electron chi connectivity index (χ3n) is 4.87. The highest BCUT2D eigenvalue weighted by Crippen LogP contribution is 2.36. The Balaban J connectivity index is 1.47. The maximum Gasteiger partial charge on any atom is 0.234 e. The van der Waals surface area contributed by atoms with E-state index >= 15 is 0 Å². The zero-order valence-corrected chi connectivity index (χ0v) is 17.5. The minimum absolute atomic E-state index is 0.0421. The largest absolute Gasteiger partial charge is 0.323 e. The maximum absolute atomic E-state index is 13.7. The second kappa shape index (κ2) is 8.62. The second-order valence-electron chi connectivity index (χ2n) is 6.77. The van der Waals surface area contributed by atoms with Gasteiger partial charge >= 0.3 is 0 Å². The molecule has 152 valence electrons. The van der Waals surface area contributed by atoms with E-state index in [4.69, 9.17) is 0 Å². The molecule has 4 rings (SSSR count). The van der Waals surface area contributed by atoms with Gasteiger partial charge in [0.2, 0.25) is 5.91 Å². The number of thioether (sulfide) groups is 1. The molecule has 0 atom stereocenters. The molecular weight excluding hydrogens is 414 g/mol. The minimum atomic E-state index is -0.801. The van der Waals surface area contributed by atoms with Crippen molar-refractivity contribution in [2.75, 3.05) is 11.1 Å². The molecule has 2 aromatic heterocycles. The summed E-state index contributed by atoms with van der Waals surface area (Å²) >= 11 is 3.03. The smallest absolute Gasteiger partial charge is 0.234 e. The molecular formula is C20H20F2N4OS2. The van der Waals surface area contributed by atoms with E-state index in [2.05, 4.69) is 20.9 Å². The standard InChI is InChI=1S/C20H20F2N4OS2/c1-2-26-19(14-10-28-17-6-4-3-5-13(14)17)24-25-20(26)29-11-18(27)23-16-8-7-12(21)9-15(16)22/h7-10H,2-6,11H2,1H3,(H,23,27). The highest BCUT2D eigenvalue weighted by Gasteiger charge is 2.22. The quantitative estimate of drug-likeness (QED) is 0.560. The Bertz CT molecular complexity index is 1050.